The number of rotatable bonds is 5. The molecule has 2 rings (SSSR count). The van der Waals surface area contributed by atoms with Gasteiger partial charge in [0.15, 0.2) is 0 Å². The van der Waals surface area contributed by atoms with Gasteiger partial charge in [-0.25, -0.2) is 8.42 Å². The molecule has 1 aromatic carbocycles. The predicted octanol–water partition coefficient (Wildman–Crippen LogP) is 0.894. The molecule has 1 unspecified atom stereocenters. The Bertz CT molecular complexity index is 557. The van der Waals surface area contributed by atoms with Crippen LogP contribution in [0.15, 0.2) is 29.2 Å². The zero-order valence-corrected chi connectivity index (χ0v) is 12.8. The van der Waals surface area contributed by atoms with Crippen LogP contribution in [0, 0.1) is 0 Å². The standard InChI is InChI=1S/C14H22N2O3S/c1-15(2)10-13-6-4-8-16(13)20(18,19)14-7-3-5-12(9-14)11-17/h3,5,7,9,13,17H,4,6,8,10-11H2,1-2H3. The van der Waals surface area contributed by atoms with Crippen molar-refractivity contribution in [2.75, 3.05) is 27.2 Å². The average molecular weight is 298 g/mol. The fourth-order valence-corrected chi connectivity index (χ4v) is 4.42. The average Bonchev–Trinajstić information content (AvgIpc) is 2.86. The molecule has 0 saturated carbocycles. The lowest BCUT2D eigenvalue weighted by atomic mass is 10.2. The molecular weight excluding hydrogens is 276 g/mol. The molecule has 0 amide bonds. The maximum absolute atomic E-state index is 12.7. The van der Waals surface area contributed by atoms with E-state index in [0.717, 1.165) is 19.4 Å². The molecule has 1 aliphatic heterocycles. The third-order valence-corrected chi connectivity index (χ3v) is 5.53. The summed E-state index contributed by atoms with van der Waals surface area (Å²) < 4.78 is 27.0. The van der Waals surface area contributed by atoms with Crippen LogP contribution in [0.2, 0.25) is 0 Å². The van der Waals surface area contributed by atoms with E-state index >= 15 is 0 Å². The van der Waals surface area contributed by atoms with E-state index in [1.165, 1.54) is 0 Å². The predicted molar refractivity (Wildman–Crippen MR) is 77.8 cm³/mol. The fourth-order valence-electron chi connectivity index (χ4n) is 2.67. The molecule has 0 aliphatic carbocycles. The van der Waals surface area contributed by atoms with Crippen molar-refractivity contribution >= 4 is 10.0 Å². The van der Waals surface area contributed by atoms with Crippen LogP contribution in [-0.4, -0.2) is 56.0 Å². The third kappa shape index (κ3) is 3.20. The molecule has 1 fully saturated rings. The van der Waals surface area contributed by atoms with Gasteiger partial charge in [0.2, 0.25) is 10.0 Å². The third-order valence-electron chi connectivity index (χ3n) is 3.59. The normalized spacial score (nSPS) is 20.7. The Morgan fingerprint density at radius 3 is 2.80 bits per heavy atom. The highest BCUT2D eigenvalue weighted by atomic mass is 32.2. The summed E-state index contributed by atoms with van der Waals surface area (Å²) in [7, 11) is 0.437. The van der Waals surface area contributed by atoms with Crippen LogP contribution in [0.4, 0.5) is 0 Å². The van der Waals surface area contributed by atoms with E-state index in [2.05, 4.69) is 0 Å². The SMILES string of the molecule is CN(C)CC1CCCN1S(=O)(=O)c1cccc(CO)c1. The van der Waals surface area contributed by atoms with E-state index in [1.807, 2.05) is 19.0 Å². The lowest BCUT2D eigenvalue weighted by Crippen LogP contribution is -2.41. The summed E-state index contributed by atoms with van der Waals surface area (Å²) in [6, 6.07) is 6.59. The van der Waals surface area contributed by atoms with Crippen molar-refractivity contribution < 1.29 is 13.5 Å². The molecule has 0 aromatic heterocycles. The monoisotopic (exact) mass is 298 g/mol. The molecular formula is C14H22N2O3S. The van der Waals surface area contributed by atoms with E-state index < -0.39 is 10.0 Å². The second kappa shape index (κ2) is 6.22. The Hall–Kier alpha value is -0.950. The van der Waals surface area contributed by atoms with Gasteiger partial charge in [-0.2, -0.15) is 4.31 Å². The van der Waals surface area contributed by atoms with Crippen molar-refractivity contribution in [1.82, 2.24) is 9.21 Å². The first-order chi connectivity index (χ1) is 9.45. The molecule has 6 heteroatoms. The molecule has 1 aromatic rings. The number of aliphatic hydroxyl groups excluding tert-OH is 1. The number of hydrogen-bond donors (Lipinski definition) is 1. The zero-order valence-electron chi connectivity index (χ0n) is 12.0. The molecule has 0 bridgehead atoms. The Labute approximate surface area is 120 Å². The Morgan fingerprint density at radius 1 is 1.40 bits per heavy atom. The smallest absolute Gasteiger partial charge is 0.243 e. The number of nitrogens with zero attached hydrogens (tertiary/aromatic N) is 2. The highest BCUT2D eigenvalue weighted by Gasteiger charge is 2.35. The maximum atomic E-state index is 12.7. The summed E-state index contributed by atoms with van der Waals surface area (Å²) in [6.07, 6.45) is 1.80. The number of sulfonamides is 1. The molecule has 5 nitrogen and oxygen atoms in total. The summed E-state index contributed by atoms with van der Waals surface area (Å²) in [4.78, 5) is 2.29. The Morgan fingerprint density at radius 2 is 2.15 bits per heavy atom. The van der Waals surface area contributed by atoms with Gasteiger partial charge >= 0.3 is 0 Å². The molecule has 1 N–H and O–H groups in total. The van der Waals surface area contributed by atoms with Gasteiger partial charge in [-0.15, -0.1) is 0 Å². The summed E-state index contributed by atoms with van der Waals surface area (Å²) in [5.74, 6) is 0. The molecule has 1 heterocycles. The van der Waals surface area contributed by atoms with Crippen molar-refractivity contribution in [3.05, 3.63) is 29.8 Å². The van der Waals surface area contributed by atoms with Crippen LogP contribution in [0.5, 0.6) is 0 Å². The van der Waals surface area contributed by atoms with E-state index in [-0.39, 0.29) is 17.5 Å². The van der Waals surface area contributed by atoms with Crippen molar-refractivity contribution in [3.8, 4) is 0 Å². The summed E-state index contributed by atoms with van der Waals surface area (Å²) in [5, 5.41) is 9.15. The van der Waals surface area contributed by atoms with Crippen molar-refractivity contribution in [2.24, 2.45) is 0 Å². The molecule has 0 spiro atoms. The summed E-state index contributed by atoms with van der Waals surface area (Å²) in [5.41, 5.74) is 0.620. The first-order valence-corrected chi connectivity index (χ1v) is 8.25. The lowest BCUT2D eigenvalue weighted by Gasteiger charge is -2.26. The van der Waals surface area contributed by atoms with Gasteiger partial charge in [-0.05, 0) is 44.6 Å². The van der Waals surface area contributed by atoms with Gasteiger partial charge < -0.3 is 10.0 Å². The molecule has 0 radical (unpaired) electrons. The quantitative estimate of drug-likeness (QED) is 0.877. The van der Waals surface area contributed by atoms with Gasteiger partial charge in [0.25, 0.3) is 0 Å². The number of likely N-dealkylation sites (N-methyl/N-ethyl adjacent to an activating group) is 1. The second-order valence-electron chi connectivity index (χ2n) is 5.48. The van der Waals surface area contributed by atoms with Gasteiger partial charge in [-0.3, -0.25) is 0 Å². The molecule has 112 valence electrons. The fraction of sp³-hybridized carbons (Fsp3) is 0.571. The number of aliphatic hydroxyl groups is 1. The summed E-state index contributed by atoms with van der Waals surface area (Å²) >= 11 is 0. The largest absolute Gasteiger partial charge is 0.392 e. The lowest BCUT2D eigenvalue weighted by molar-refractivity contribution is 0.281. The van der Waals surface area contributed by atoms with Crippen LogP contribution >= 0.6 is 0 Å². The molecule has 20 heavy (non-hydrogen) atoms. The highest BCUT2D eigenvalue weighted by Crippen LogP contribution is 2.26. The van der Waals surface area contributed by atoms with Gasteiger partial charge in [0.05, 0.1) is 11.5 Å². The van der Waals surface area contributed by atoms with Crippen molar-refractivity contribution in [2.45, 2.75) is 30.4 Å². The van der Waals surface area contributed by atoms with Crippen LogP contribution in [0.3, 0.4) is 0 Å². The van der Waals surface area contributed by atoms with E-state index in [1.54, 1.807) is 28.6 Å². The first kappa shape index (κ1) is 15.4. The van der Waals surface area contributed by atoms with Crippen LogP contribution < -0.4 is 0 Å². The minimum atomic E-state index is -3.47. The Kier molecular flexibility index (Phi) is 4.80. The van der Waals surface area contributed by atoms with Gasteiger partial charge in [0.1, 0.15) is 0 Å². The van der Waals surface area contributed by atoms with Crippen molar-refractivity contribution in [3.63, 3.8) is 0 Å². The minimum Gasteiger partial charge on any atom is -0.392 e. The minimum absolute atomic E-state index is 0.0350. The van der Waals surface area contributed by atoms with Crippen molar-refractivity contribution in [1.29, 1.82) is 0 Å². The number of benzene rings is 1. The van der Waals surface area contributed by atoms with E-state index in [0.29, 0.717) is 12.1 Å². The van der Waals surface area contributed by atoms with Gasteiger partial charge in [-0.1, -0.05) is 12.1 Å². The molecule has 1 aliphatic rings. The summed E-state index contributed by atoms with van der Waals surface area (Å²) in [6.45, 7) is 1.16. The van der Waals surface area contributed by atoms with Crippen LogP contribution in [0.1, 0.15) is 18.4 Å². The molecule has 1 saturated heterocycles. The van der Waals surface area contributed by atoms with E-state index in [9.17, 15) is 8.42 Å². The van der Waals surface area contributed by atoms with Crippen LogP contribution in [-0.2, 0) is 16.6 Å². The molecule has 1 atom stereocenters. The maximum Gasteiger partial charge on any atom is 0.243 e. The Balaban J connectivity index is 2.28. The number of hydrogen-bond acceptors (Lipinski definition) is 4. The van der Waals surface area contributed by atoms with Crippen LogP contribution in [0.25, 0.3) is 0 Å². The highest BCUT2D eigenvalue weighted by molar-refractivity contribution is 7.89. The second-order valence-corrected chi connectivity index (χ2v) is 7.37. The van der Waals surface area contributed by atoms with Gasteiger partial charge in [0, 0.05) is 19.1 Å². The first-order valence-electron chi connectivity index (χ1n) is 6.81. The zero-order chi connectivity index (χ0) is 14.8. The topological polar surface area (TPSA) is 60.9 Å². The van der Waals surface area contributed by atoms with E-state index in [4.69, 9.17) is 5.11 Å².